The summed E-state index contributed by atoms with van der Waals surface area (Å²) in [6.07, 6.45) is 6.01. The van der Waals surface area contributed by atoms with Crippen molar-refractivity contribution in [1.82, 2.24) is 20.1 Å². The van der Waals surface area contributed by atoms with Crippen LogP contribution in [-0.2, 0) is 9.59 Å². The van der Waals surface area contributed by atoms with Gasteiger partial charge in [-0.25, -0.2) is 9.67 Å². The zero-order valence-corrected chi connectivity index (χ0v) is 14.9. The van der Waals surface area contributed by atoms with E-state index in [-0.39, 0.29) is 18.4 Å². The van der Waals surface area contributed by atoms with Crippen molar-refractivity contribution in [2.75, 3.05) is 11.9 Å². The second kappa shape index (κ2) is 8.77. The van der Waals surface area contributed by atoms with Crippen LogP contribution in [0, 0.1) is 0 Å². The lowest BCUT2D eigenvalue weighted by Gasteiger charge is -2.07. The van der Waals surface area contributed by atoms with E-state index in [1.165, 1.54) is 12.4 Å². The van der Waals surface area contributed by atoms with Crippen LogP contribution in [0.3, 0.4) is 0 Å². The van der Waals surface area contributed by atoms with E-state index < -0.39 is 0 Å². The molecular weight excluding hydrogens is 366 g/mol. The highest BCUT2D eigenvalue weighted by Gasteiger charge is 2.05. The van der Waals surface area contributed by atoms with E-state index in [4.69, 9.17) is 11.6 Å². The van der Waals surface area contributed by atoms with E-state index in [9.17, 15) is 9.59 Å². The molecule has 3 rings (SSSR count). The Labute approximate surface area is 160 Å². The molecule has 0 aliphatic heterocycles. The quantitative estimate of drug-likeness (QED) is 0.642. The van der Waals surface area contributed by atoms with Crippen molar-refractivity contribution >= 4 is 35.2 Å². The van der Waals surface area contributed by atoms with E-state index in [0.717, 1.165) is 11.3 Å². The van der Waals surface area contributed by atoms with Gasteiger partial charge in [-0.05, 0) is 48.0 Å². The minimum absolute atomic E-state index is 0.135. The van der Waals surface area contributed by atoms with Crippen molar-refractivity contribution in [3.05, 3.63) is 77.8 Å². The molecule has 0 radical (unpaired) electrons. The Bertz CT molecular complexity index is 952. The van der Waals surface area contributed by atoms with Crippen molar-refractivity contribution in [3.8, 4) is 5.69 Å². The molecule has 0 unspecified atom stereocenters. The van der Waals surface area contributed by atoms with Gasteiger partial charge in [0.15, 0.2) is 0 Å². The van der Waals surface area contributed by atoms with Crippen molar-refractivity contribution in [1.29, 1.82) is 0 Å². The number of anilines is 1. The highest BCUT2D eigenvalue weighted by atomic mass is 35.5. The highest BCUT2D eigenvalue weighted by molar-refractivity contribution is 6.30. The Hall–Kier alpha value is -3.45. The van der Waals surface area contributed by atoms with Crippen LogP contribution in [0.25, 0.3) is 11.8 Å². The lowest BCUT2D eigenvalue weighted by molar-refractivity contribution is -0.121. The number of carbonyl (C=O) groups is 2. The summed E-state index contributed by atoms with van der Waals surface area (Å²) in [7, 11) is 0. The van der Waals surface area contributed by atoms with E-state index >= 15 is 0 Å². The highest BCUT2D eigenvalue weighted by Crippen LogP contribution is 2.12. The van der Waals surface area contributed by atoms with Gasteiger partial charge in [-0.1, -0.05) is 23.7 Å². The SMILES string of the molecule is O=C(/C=C/c1cccc(Cl)c1)NCC(=O)Nc1ccc(-n2cncn2)cc1. The Balaban J connectivity index is 1.47. The molecular formula is C19H16ClN5O2. The number of carbonyl (C=O) groups excluding carboxylic acids is 2. The number of hydrogen-bond donors (Lipinski definition) is 2. The second-order valence-corrected chi connectivity index (χ2v) is 5.98. The Morgan fingerprint density at radius 2 is 1.96 bits per heavy atom. The van der Waals surface area contributed by atoms with Crippen molar-refractivity contribution in [2.24, 2.45) is 0 Å². The molecule has 1 aromatic heterocycles. The van der Waals surface area contributed by atoms with Crippen LogP contribution >= 0.6 is 11.6 Å². The maximum atomic E-state index is 12.0. The number of halogens is 1. The Kier molecular flexibility index (Phi) is 5.96. The predicted octanol–water partition coefficient (Wildman–Crippen LogP) is 2.69. The zero-order valence-electron chi connectivity index (χ0n) is 14.2. The zero-order chi connectivity index (χ0) is 19.1. The minimum Gasteiger partial charge on any atom is -0.343 e. The first-order chi connectivity index (χ1) is 13.1. The van der Waals surface area contributed by atoms with Crippen LogP contribution in [0.5, 0.6) is 0 Å². The summed E-state index contributed by atoms with van der Waals surface area (Å²) in [5.41, 5.74) is 2.24. The smallest absolute Gasteiger partial charge is 0.244 e. The Morgan fingerprint density at radius 1 is 1.15 bits per heavy atom. The summed E-state index contributed by atoms with van der Waals surface area (Å²) in [5.74, 6) is -0.695. The average Bonchev–Trinajstić information content (AvgIpc) is 3.20. The first-order valence-corrected chi connectivity index (χ1v) is 8.44. The van der Waals surface area contributed by atoms with Gasteiger partial charge in [-0.2, -0.15) is 5.10 Å². The summed E-state index contributed by atoms with van der Waals surface area (Å²) in [6.45, 7) is -0.135. The van der Waals surface area contributed by atoms with Gasteiger partial charge in [0.25, 0.3) is 0 Å². The van der Waals surface area contributed by atoms with E-state index in [0.29, 0.717) is 10.7 Å². The molecule has 0 atom stereocenters. The summed E-state index contributed by atoms with van der Waals surface area (Å²) >= 11 is 5.88. The lowest BCUT2D eigenvalue weighted by atomic mass is 10.2. The molecule has 0 bridgehead atoms. The van der Waals surface area contributed by atoms with E-state index in [1.54, 1.807) is 59.5 Å². The largest absolute Gasteiger partial charge is 0.343 e. The number of hydrogen-bond acceptors (Lipinski definition) is 4. The summed E-state index contributed by atoms with van der Waals surface area (Å²) in [6, 6.07) is 14.2. The summed E-state index contributed by atoms with van der Waals surface area (Å²) in [4.78, 5) is 27.6. The standard InChI is InChI=1S/C19H16ClN5O2/c20-15-3-1-2-14(10-15)4-9-18(26)22-11-19(27)24-16-5-7-17(8-6-16)25-13-21-12-23-25/h1-10,12-13H,11H2,(H,22,26)(H,24,27)/b9-4+. The molecule has 1 heterocycles. The molecule has 27 heavy (non-hydrogen) atoms. The normalized spacial score (nSPS) is 10.7. The molecule has 2 aromatic carbocycles. The molecule has 8 heteroatoms. The number of aromatic nitrogens is 3. The second-order valence-electron chi connectivity index (χ2n) is 5.54. The number of rotatable bonds is 6. The van der Waals surface area contributed by atoms with Gasteiger partial charge in [0.1, 0.15) is 12.7 Å². The number of benzene rings is 2. The molecule has 2 N–H and O–H groups in total. The fourth-order valence-electron chi connectivity index (χ4n) is 2.25. The lowest BCUT2D eigenvalue weighted by Crippen LogP contribution is -2.31. The van der Waals surface area contributed by atoms with Crippen LogP contribution in [0.1, 0.15) is 5.56 Å². The third-order valence-corrected chi connectivity index (χ3v) is 3.77. The molecule has 0 aliphatic carbocycles. The molecule has 136 valence electrons. The molecule has 0 saturated heterocycles. The number of nitrogens with one attached hydrogen (secondary N) is 2. The fraction of sp³-hybridized carbons (Fsp3) is 0.0526. The number of nitrogens with zero attached hydrogens (tertiary/aromatic N) is 3. The molecule has 0 saturated carbocycles. The summed E-state index contributed by atoms with van der Waals surface area (Å²) in [5, 5.41) is 9.86. The molecule has 0 fully saturated rings. The van der Waals surface area contributed by atoms with Gasteiger partial charge in [0.2, 0.25) is 11.8 Å². The third kappa shape index (κ3) is 5.52. The van der Waals surface area contributed by atoms with Crippen LogP contribution in [0.15, 0.2) is 67.3 Å². The van der Waals surface area contributed by atoms with Crippen molar-refractivity contribution in [3.63, 3.8) is 0 Å². The average molecular weight is 382 g/mol. The van der Waals surface area contributed by atoms with E-state index in [1.807, 2.05) is 6.07 Å². The monoisotopic (exact) mass is 381 g/mol. The molecule has 3 aromatic rings. The number of amides is 2. The van der Waals surface area contributed by atoms with Gasteiger partial charge in [-0.15, -0.1) is 0 Å². The van der Waals surface area contributed by atoms with Crippen LogP contribution in [-0.4, -0.2) is 33.1 Å². The molecule has 2 amide bonds. The molecule has 0 spiro atoms. The van der Waals surface area contributed by atoms with Crippen LogP contribution in [0.2, 0.25) is 5.02 Å². The van der Waals surface area contributed by atoms with Gasteiger partial charge in [-0.3, -0.25) is 9.59 Å². The van der Waals surface area contributed by atoms with Crippen molar-refractivity contribution < 1.29 is 9.59 Å². The maximum absolute atomic E-state index is 12.0. The third-order valence-electron chi connectivity index (χ3n) is 3.53. The first kappa shape index (κ1) is 18.3. The van der Waals surface area contributed by atoms with Crippen molar-refractivity contribution in [2.45, 2.75) is 0 Å². The molecule has 7 nitrogen and oxygen atoms in total. The van der Waals surface area contributed by atoms with Crippen LogP contribution in [0.4, 0.5) is 5.69 Å². The first-order valence-electron chi connectivity index (χ1n) is 8.06. The van der Waals surface area contributed by atoms with Gasteiger partial charge >= 0.3 is 0 Å². The van der Waals surface area contributed by atoms with Gasteiger partial charge in [0, 0.05) is 16.8 Å². The predicted molar refractivity (Wildman–Crippen MR) is 103 cm³/mol. The fourth-order valence-corrected chi connectivity index (χ4v) is 2.45. The minimum atomic E-state index is -0.369. The van der Waals surface area contributed by atoms with Gasteiger partial charge < -0.3 is 10.6 Å². The Morgan fingerprint density at radius 3 is 2.67 bits per heavy atom. The maximum Gasteiger partial charge on any atom is 0.244 e. The van der Waals surface area contributed by atoms with Gasteiger partial charge in [0.05, 0.1) is 12.2 Å². The topological polar surface area (TPSA) is 88.9 Å². The summed E-state index contributed by atoms with van der Waals surface area (Å²) < 4.78 is 1.61. The molecule has 0 aliphatic rings. The van der Waals surface area contributed by atoms with Crippen LogP contribution < -0.4 is 10.6 Å². The van der Waals surface area contributed by atoms with E-state index in [2.05, 4.69) is 20.7 Å².